The van der Waals surface area contributed by atoms with Crippen molar-refractivity contribution in [1.29, 1.82) is 0 Å². The number of carboxylic acids is 1. The molecular weight excluding hydrogens is 548 g/mol. The molecule has 0 saturated heterocycles. The summed E-state index contributed by atoms with van der Waals surface area (Å²) in [6.45, 7) is 12.4. The van der Waals surface area contributed by atoms with Crippen LogP contribution in [0.3, 0.4) is 0 Å². The molecule has 0 radical (unpaired) electrons. The monoisotopic (exact) mass is 600 g/mol. The number of nitrogens with two attached hydrogens (primary N) is 2. The van der Waals surface area contributed by atoms with Gasteiger partial charge in [-0.05, 0) is 30.1 Å². The molecule has 0 heterocycles. The van der Waals surface area contributed by atoms with Crippen LogP contribution in [0.25, 0.3) is 0 Å². The molecule has 0 aliphatic carbocycles. The molecule has 0 spiro atoms. The number of nitrogens with zero attached hydrogens (tertiary/aromatic N) is 1. The molecule has 0 aliphatic heterocycles. The zero-order valence-corrected chi connectivity index (χ0v) is 26.2. The number of hydrogen-bond donors (Lipinski definition) is 7. The summed E-state index contributed by atoms with van der Waals surface area (Å²) in [7, 11) is 0. The van der Waals surface area contributed by atoms with E-state index in [9.17, 15) is 33.9 Å². The van der Waals surface area contributed by atoms with Gasteiger partial charge in [-0.3, -0.25) is 33.7 Å². The van der Waals surface area contributed by atoms with Gasteiger partial charge in [0.15, 0.2) is 0 Å². The van der Waals surface area contributed by atoms with Gasteiger partial charge in [0.1, 0.15) is 24.7 Å². The first-order valence-corrected chi connectivity index (χ1v) is 14.5. The number of imide groups is 1. The highest BCUT2D eigenvalue weighted by atomic mass is 16.4. The Labute approximate surface area is 248 Å². The smallest absolute Gasteiger partial charge is 0.322 e. The van der Waals surface area contributed by atoms with Crippen molar-refractivity contribution in [3.63, 3.8) is 0 Å². The van der Waals surface area contributed by atoms with Crippen LogP contribution in [0.2, 0.25) is 0 Å². The summed E-state index contributed by atoms with van der Waals surface area (Å²) in [6.07, 6.45) is 1.22. The van der Waals surface area contributed by atoms with Gasteiger partial charge in [0, 0.05) is 0 Å². The molecule has 0 rings (SSSR count). The van der Waals surface area contributed by atoms with Gasteiger partial charge in [-0.25, -0.2) is 0 Å². The first-order chi connectivity index (χ1) is 19.4. The van der Waals surface area contributed by atoms with Gasteiger partial charge in [0.05, 0.1) is 18.7 Å². The fourth-order valence-corrected chi connectivity index (χ4v) is 4.13. The second kappa shape index (κ2) is 18.4. The Kier molecular flexibility index (Phi) is 17.1. The molecule has 14 heteroatoms. The highest BCUT2D eigenvalue weighted by Gasteiger charge is 2.43. The second-order valence-electron chi connectivity index (χ2n) is 11.6. The Balaban J connectivity index is 6.29. The molecule has 0 bridgehead atoms. The van der Waals surface area contributed by atoms with E-state index in [4.69, 9.17) is 16.6 Å². The van der Waals surface area contributed by atoms with Gasteiger partial charge in [0.25, 0.3) is 0 Å². The predicted molar refractivity (Wildman–Crippen MR) is 156 cm³/mol. The van der Waals surface area contributed by atoms with Gasteiger partial charge in [-0.2, -0.15) is 0 Å². The third-order valence-corrected chi connectivity index (χ3v) is 7.31. The Morgan fingerprint density at radius 2 is 1.19 bits per heavy atom. The molecule has 9 N–H and O–H groups in total. The molecular formula is C28H52N6O8. The van der Waals surface area contributed by atoms with Crippen molar-refractivity contribution in [2.45, 2.75) is 105 Å². The average molecular weight is 601 g/mol. The number of rotatable bonds is 18. The lowest BCUT2D eigenvalue weighted by molar-refractivity contribution is -0.156. The molecule has 0 aromatic heterocycles. The topological polar surface area (TPSA) is 234 Å². The van der Waals surface area contributed by atoms with Crippen molar-refractivity contribution in [2.75, 3.05) is 13.2 Å². The molecule has 7 atom stereocenters. The quantitative estimate of drug-likeness (QED) is 0.105. The van der Waals surface area contributed by atoms with E-state index < -0.39 is 84.8 Å². The zero-order valence-electron chi connectivity index (χ0n) is 26.2. The number of carboxylic acid groups (broad SMARTS) is 1. The number of nitrogens with one attached hydrogen (secondary N) is 3. The summed E-state index contributed by atoms with van der Waals surface area (Å²) in [5.41, 5.74) is 12.4. The Hall–Kier alpha value is -3.10. The van der Waals surface area contributed by atoms with E-state index in [1.54, 1.807) is 41.5 Å². The standard InChI is InChI=1S/C28H52N6O8/c1-9-16(7)21(29)27(41)34(28(42)22(30)17(8)10-2)23(15(5)6)26(40)33-19(13-35)25(39)32-18(11-14(3)4)24(38)31-12-20(36)37/h14-19,21-23,35H,9-13,29-30H2,1-8H3,(H,31,38)(H,32,39)(H,33,40)(H,36,37). The molecule has 0 aromatic carbocycles. The number of amides is 5. The van der Waals surface area contributed by atoms with Gasteiger partial charge in [-0.15, -0.1) is 0 Å². The van der Waals surface area contributed by atoms with E-state index in [-0.39, 0.29) is 24.2 Å². The van der Waals surface area contributed by atoms with Gasteiger partial charge in [0.2, 0.25) is 29.5 Å². The maximum atomic E-state index is 13.6. The van der Waals surface area contributed by atoms with Crippen LogP contribution < -0.4 is 27.4 Å². The fourth-order valence-electron chi connectivity index (χ4n) is 4.13. The predicted octanol–water partition coefficient (Wildman–Crippen LogP) is -0.678. The first-order valence-electron chi connectivity index (χ1n) is 14.5. The summed E-state index contributed by atoms with van der Waals surface area (Å²) in [4.78, 5) is 78.1. The number of aliphatic carboxylic acids is 1. The SMILES string of the molecule is CCC(C)C(N)C(=O)N(C(=O)C(N)C(C)CC)C(C(=O)NC(CO)C(=O)NC(CC(C)C)C(=O)NCC(=O)O)C(C)C. The van der Waals surface area contributed by atoms with Crippen LogP contribution in [-0.2, 0) is 28.8 Å². The molecule has 0 aromatic rings. The van der Waals surface area contributed by atoms with Crippen LogP contribution >= 0.6 is 0 Å². The average Bonchev–Trinajstić information content (AvgIpc) is 2.93. The van der Waals surface area contributed by atoms with E-state index >= 15 is 0 Å². The molecule has 42 heavy (non-hydrogen) atoms. The van der Waals surface area contributed by atoms with Crippen molar-refractivity contribution in [3.8, 4) is 0 Å². The van der Waals surface area contributed by atoms with Crippen LogP contribution in [0.15, 0.2) is 0 Å². The van der Waals surface area contributed by atoms with Crippen LogP contribution in [-0.4, -0.2) is 94.0 Å². The van der Waals surface area contributed by atoms with Crippen molar-refractivity contribution in [2.24, 2.45) is 35.1 Å². The highest BCUT2D eigenvalue weighted by molar-refractivity contribution is 6.05. The maximum Gasteiger partial charge on any atom is 0.322 e. The fraction of sp³-hybridized carbons (Fsp3) is 0.786. The van der Waals surface area contributed by atoms with Crippen LogP contribution in [0.1, 0.15) is 74.7 Å². The summed E-state index contributed by atoms with van der Waals surface area (Å²) >= 11 is 0. The minimum absolute atomic E-state index is 0.0756. The summed E-state index contributed by atoms with van der Waals surface area (Å²) in [5.74, 6) is -6.73. The third-order valence-electron chi connectivity index (χ3n) is 7.31. The van der Waals surface area contributed by atoms with Crippen LogP contribution in [0.5, 0.6) is 0 Å². The molecule has 5 amide bonds. The lowest BCUT2D eigenvalue weighted by atomic mass is 9.92. The van der Waals surface area contributed by atoms with Gasteiger partial charge in [-0.1, -0.05) is 68.2 Å². The molecule has 14 nitrogen and oxygen atoms in total. The number of carbonyl (C=O) groups is 6. The number of carbonyl (C=O) groups excluding carboxylic acids is 5. The Morgan fingerprint density at radius 1 is 0.738 bits per heavy atom. The lowest BCUT2D eigenvalue weighted by Gasteiger charge is -2.37. The lowest BCUT2D eigenvalue weighted by Crippen LogP contribution is -2.64. The van der Waals surface area contributed by atoms with E-state index in [0.29, 0.717) is 12.8 Å². The maximum absolute atomic E-state index is 13.6. The van der Waals surface area contributed by atoms with Crippen LogP contribution in [0, 0.1) is 23.7 Å². The Morgan fingerprint density at radius 3 is 1.55 bits per heavy atom. The molecule has 0 fully saturated rings. The van der Waals surface area contributed by atoms with Crippen molar-refractivity contribution >= 4 is 35.5 Å². The number of aliphatic hydroxyl groups is 1. The summed E-state index contributed by atoms with van der Waals surface area (Å²) in [5, 5.41) is 25.9. The van der Waals surface area contributed by atoms with E-state index in [1.165, 1.54) is 0 Å². The third kappa shape index (κ3) is 11.6. The van der Waals surface area contributed by atoms with E-state index in [0.717, 1.165) is 4.90 Å². The largest absolute Gasteiger partial charge is 0.480 e. The number of aliphatic hydroxyl groups excluding tert-OH is 1. The van der Waals surface area contributed by atoms with Crippen molar-refractivity contribution in [3.05, 3.63) is 0 Å². The molecule has 0 saturated carbocycles. The minimum atomic E-state index is -1.56. The van der Waals surface area contributed by atoms with E-state index in [1.807, 2.05) is 13.8 Å². The van der Waals surface area contributed by atoms with Gasteiger partial charge < -0.3 is 37.6 Å². The van der Waals surface area contributed by atoms with Crippen LogP contribution in [0.4, 0.5) is 0 Å². The van der Waals surface area contributed by atoms with Crippen molar-refractivity contribution < 1.29 is 39.0 Å². The number of hydrogen-bond acceptors (Lipinski definition) is 9. The first kappa shape index (κ1) is 38.9. The zero-order chi connectivity index (χ0) is 32.9. The normalized spacial score (nSPS) is 16.4. The summed E-state index contributed by atoms with van der Waals surface area (Å²) < 4.78 is 0. The molecule has 242 valence electrons. The van der Waals surface area contributed by atoms with Gasteiger partial charge >= 0.3 is 5.97 Å². The second-order valence-corrected chi connectivity index (χ2v) is 11.6. The van der Waals surface area contributed by atoms with Crippen molar-refractivity contribution in [1.82, 2.24) is 20.9 Å². The van der Waals surface area contributed by atoms with E-state index in [2.05, 4.69) is 16.0 Å². The molecule has 7 unspecified atom stereocenters. The summed E-state index contributed by atoms with van der Waals surface area (Å²) in [6, 6.07) is -6.32. The molecule has 0 aliphatic rings. The Bertz CT molecular complexity index is 915. The highest BCUT2D eigenvalue weighted by Crippen LogP contribution is 2.20. The minimum Gasteiger partial charge on any atom is -0.480 e.